The van der Waals surface area contributed by atoms with Gasteiger partial charge in [0.25, 0.3) is 6.43 Å². The van der Waals surface area contributed by atoms with Gasteiger partial charge in [-0.05, 0) is 13.3 Å². The molecule has 0 aromatic heterocycles. The van der Waals surface area contributed by atoms with Crippen LogP contribution in [0.2, 0.25) is 0 Å². The maximum atomic E-state index is 12.0. The molecule has 0 aliphatic heterocycles. The van der Waals surface area contributed by atoms with Gasteiger partial charge in [-0.3, -0.25) is 4.79 Å². The molecule has 84 valence electrons. The number of carbonyl (C=O) groups is 1. The molecule has 1 unspecified atom stereocenters. The van der Waals surface area contributed by atoms with Crippen LogP contribution in [-0.4, -0.2) is 37.4 Å². The highest BCUT2D eigenvalue weighted by atomic mass is 19.3. The van der Waals surface area contributed by atoms with Crippen LogP contribution >= 0.6 is 0 Å². The Hall–Kier alpha value is -0.710. The van der Waals surface area contributed by atoms with Crippen molar-refractivity contribution in [2.24, 2.45) is 11.1 Å². The summed E-state index contributed by atoms with van der Waals surface area (Å²) in [5.41, 5.74) is 4.73. The predicted octanol–water partition coefficient (Wildman–Crippen LogP) is 1.08. The number of carbonyl (C=O) groups excluding carboxylic acids is 1. The normalized spacial score (nSPS) is 15.4. The first kappa shape index (κ1) is 13.3. The van der Waals surface area contributed by atoms with Gasteiger partial charge in [0.05, 0.1) is 12.0 Å². The number of nitrogens with zero attached hydrogens (tertiary/aromatic N) is 1. The van der Waals surface area contributed by atoms with Crippen molar-refractivity contribution >= 4 is 5.91 Å². The van der Waals surface area contributed by atoms with Crippen LogP contribution in [0.25, 0.3) is 0 Å². The highest BCUT2D eigenvalue weighted by Crippen LogP contribution is 2.22. The molecule has 5 heteroatoms. The summed E-state index contributed by atoms with van der Waals surface area (Å²) in [7, 11) is 1.37. The number of rotatable bonds is 5. The second-order valence-corrected chi connectivity index (χ2v) is 3.70. The van der Waals surface area contributed by atoms with E-state index in [4.69, 9.17) is 5.73 Å². The van der Waals surface area contributed by atoms with Crippen molar-refractivity contribution in [1.29, 1.82) is 0 Å². The van der Waals surface area contributed by atoms with E-state index < -0.39 is 18.4 Å². The van der Waals surface area contributed by atoms with E-state index >= 15 is 0 Å². The molecule has 0 radical (unpaired) electrons. The van der Waals surface area contributed by atoms with Crippen molar-refractivity contribution in [2.45, 2.75) is 26.7 Å². The zero-order valence-electron chi connectivity index (χ0n) is 8.89. The lowest BCUT2D eigenvalue weighted by Crippen LogP contribution is -2.45. The van der Waals surface area contributed by atoms with Crippen LogP contribution in [0, 0.1) is 5.41 Å². The molecule has 0 aliphatic rings. The molecule has 0 rings (SSSR count). The minimum atomic E-state index is -2.50. The van der Waals surface area contributed by atoms with Gasteiger partial charge in [-0.1, -0.05) is 6.92 Å². The molecular formula is C9H18F2N2O. The number of hydrogen-bond acceptors (Lipinski definition) is 2. The first-order valence-electron chi connectivity index (χ1n) is 4.61. The third kappa shape index (κ3) is 3.21. The summed E-state index contributed by atoms with van der Waals surface area (Å²) in [6.45, 7) is 3.16. The first-order chi connectivity index (χ1) is 6.37. The number of halogens is 2. The Morgan fingerprint density at radius 3 is 2.36 bits per heavy atom. The van der Waals surface area contributed by atoms with Crippen molar-refractivity contribution < 1.29 is 13.6 Å². The Morgan fingerprint density at radius 2 is 2.07 bits per heavy atom. The van der Waals surface area contributed by atoms with Gasteiger partial charge >= 0.3 is 0 Å². The smallest absolute Gasteiger partial charge is 0.255 e. The summed E-state index contributed by atoms with van der Waals surface area (Å²) in [5, 5.41) is 0. The van der Waals surface area contributed by atoms with Crippen LogP contribution in [0.5, 0.6) is 0 Å². The van der Waals surface area contributed by atoms with Crippen molar-refractivity contribution in [3.63, 3.8) is 0 Å². The fourth-order valence-corrected chi connectivity index (χ4v) is 1.13. The highest BCUT2D eigenvalue weighted by molar-refractivity contribution is 5.82. The lowest BCUT2D eigenvalue weighted by Gasteiger charge is -2.30. The first-order valence-corrected chi connectivity index (χ1v) is 4.61. The molecule has 2 N–H and O–H groups in total. The van der Waals surface area contributed by atoms with E-state index in [1.807, 2.05) is 6.92 Å². The van der Waals surface area contributed by atoms with Gasteiger partial charge in [0.1, 0.15) is 0 Å². The monoisotopic (exact) mass is 208 g/mol. The maximum absolute atomic E-state index is 12.0. The molecule has 0 bridgehead atoms. The molecule has 0 aliphatic carbocycles. The summed E-state index contributed by atoms with van der Waals surface area (Å²) >= 11 is 0. The van der Waals surface area contributed by atoms with Crippen LogP contribution in [0.1, 0.15) is 20.3 Å². The Balaban J connectivity index is 4.43. The van der Waals surface area contributed by atoms with Crippen molar-refractivity contribution in [3.05, 3.63) is 0 Å². The average Bonchev–Trinajstić information content (AvgIpc) is 2.14. The van der Waals surface area contributed by atoms with Crippen LogP contribution in [0.3, 0.4) is 0 Å². The highest BCUT2D eigenvalue weighted by Gasteiger charge is 2.32. The lowest BCUT2D eigenvalue weighted by atomic mass is 9.86. The molecule has 0 heterocycles. The predicted molar refractivity (Wildman–Crippen MR) is 51.1 cm³/mol. The largest absolute Gasteiger partial charge is 0.340 e. The number of hydrogen-bond donors (Lipinski definition) is 1. The summed E-state index contributed by atoms with van der Waals surface area (Å²) < 4.78 is 24.0. The van der Waals surface area contributed by atoms with Gasteiger partial charge in [-0.25, -0.2) is 8.78 Å². The van der Waals surface area contributed by atoms with E-state index in [2.05, 4.69) is 0 Å². The Bertz CT molecular complexity index is 193. The summed E-state index contributed by atoms with van der Waals surface area (Å²) in [6.07, 6.45) is -1.95. The fourth-order valence-electron chi connectivity index (χ4n) is 1.13. The molecule has 1 amide bonds. The molecule has 0 aromatic carbocycles. The SMILES string of the molecule is CCC(C)(CN)C(=O)N(C)CC(F)F. The Kier molecular flexibility index (Phi) is 4.97. The Morgan fingerprint density at radius 1 is 1.57 bits per heavy atom. The van der Waals surface area contributed by atoms with Gasteiger partial charge in [0.2, 0.25) is 5.91 Å². The van der Waals surface area contributed by atoms with Gasteiger partial charge in [0, 0.05) is 13.6 Å². The van der Waals surface area contributed by atoms with Gasteiger partial charge < -0.3 is 10.6 Å². The zero-order valence-corrected chi connectivity index (χ0v) is 8.89. The quantitative estimate of drug-likeness (QED) is 0.735. The van der Waals surface area contributed by atoms with Gasteiger partial charge in [0.15, 0.2) is 0 Å². The molecule has 0 fully saturated rings. The summed E-state index contributed by atoms with van der Waals surface area (Å²) in [6, 6.07) is 0. The molecule has 0 saturated carbocycles. The van der Waals surface area contributed by atoms with Crippen LogP contribution in [-0.2, 0) is 4.79 Å². The summed E-state index contributed by atoms with van der Waals surface area (Å²) in [5.74, 6) is -0.317. The van der Waals surface area contributed by atoms with Crippen molar-refractivity contribution in [2.75, 3.05) is 20.1 Å². The second kappa shape index (κ2) is 5.24. The van der Waals surface area contributed by atoms with Gasteiger partial charge in [-0.2, -0.15) is 0 Å². The van der Waals surface area contributed by atoms with E-state index in [-0.39, 0.29) is 12.5 Å². The number of alkyl halides is 2. The molecule has 3 nitrogen and oxygen atoms in total. The standard InChI is InChI=1S/C9H18F2N2O/c1-4-9(2,6-12)8(14)13(3)5-7(10)11/h7H,4-6,12H2,1-3H3. The van der Waals surface area contributed by atoms with E-state index in [9.17, 15) is 13.6 Å². The summed E-state index contributed by atoms with van der Waals surface area (Å²) in [4.78, 5) is 12.7. The third-order valence-electron chi connectivity index (χ3n) is 2.51. The minimum Gasteiger partial charge on any atom is -0.340 e. The van der Waals surface area contributed by atoms with Crippen LogP contribution < -0.4 is 5.73 Å². The third-order valence-corrected chi connectivity index (χ3v) is 2.51. The van der Waals surface area contributed by atoms with E-state index in [1.165, 1.54) is 7.05 Å². The Labute approximate surface area is 83.3 Å². The van der Waals surface area contributed by atoms with E-state index in [1.54, 1.807) is 6.92 Å². The zero-order chi connectivity index (χ0) is 11.4. The van der Waals surface area contributed by atoms with Gasteiger partial charge in [-0.15, -0.1) is 0 Å². The minimum absolute atomic E-state index is 0.176. The number of amides is 1. The van der Waals surface area contributed by atoms with E-state index in [0.29, 0.717) is 6.42 Å². The molecule has 0 spiro atoms. The molecular weight excluding hydrogens is 190 g/mol. The maximum Gasteiger partial charge on any atom is 0.255 e. The number of nitrogens with two attached hydrogens (primary N) is 1. The fraction of sp³-hybridized carbons (Fsp3) is 0.889. The van der Waals surface area contributed by atoms with Crippen LogP contribution in [0.4, 0.5) is 8.78 Å². The molecule has 1 atom stereocenters. The lowest BCUT2D eigenvalue weighted by molar-refractivity contribution is -0.141. The van der Waals surface area contributed by atoms with Crippen molar-refractivity contribution in [1.82, 2.24) is 4.90 Å². The second-order valence-electron chi connectivity index (χ2n) is 3.70. The topological polar surface area (TPSA) is 46.3 Å². The average molecular weight is 208 g/mol. The molecule has 0 aromatic rings. The van der Waals surface area contributed by atoms with Crippen molar-refractivity contribution in [3.8, 4) is 0 Å². The van der Waals surface area contributed by atoms with E-state index in [0.717, 1.165) is 4.90 Å². The van der Waals surface area contributed by atoms with Crippen LogP contribution in [0.15, 0.2) is 0 Å². The molecule has 0 saturated heterocycles. The molecule has 14 heavy (non-hydrogen) atoms.